The van der Waals surface area contributed by atoms with Gasteiger partial charge < -0.3 is 9.80 Å². The van der Waals surface area contributed by atoms with Crippen LogP contribution in [0.4, 0.5) is 4.39 Å². The fourth-order valence-corrected chi connectivity index (χ4v) is 2.92. The van der Waals surface area contributed by atoms with Crippen molar-refractivity contribution in [1.82, 2.24) is 15.2 Å². The molecule has 2 unspecified atom stereocenters. The number of likely N-dealkylation sites (N-methyl/N-ethyl adjacent to an activating group) is 2. The van der Waals surface area contributed by atoms with Crippen molar-refractivity contribution >= 4 is 0 Å². The van der Waals surface area contributed by atoms with E-state index in [1.165, 1.54) is 18.6 Å². The highest BCUT2D eigenvalue weighted by Crippen LogP contribution is 2.14. The zero-order valence-electron chi connectivity index (χ0n) is 12.3. The van der Waals surface area contributed by atoms with Gasteiger partial charge in [-0.3, -0.25) is 11.3 Å². The molecule has 1 aromatic rings. The molecule has 0 saturated carbocycles. The van der Waals surface area contributed by atoms with Gasteiger partial charge in [-0.05, 0) is 57.7 Å². The predicted octanol–water partition coefficient (Wildman–Crippen LogP) is 0.836. The van der Waals surface area contributed by atoms with Crippen molar-refractivity contribution in [3.63, 3.8) is 0 Å². The minimum atomic E-state index is -0.197. The molecule has 1 aromatic carbocycles. The van der Waals surface area contributed by atoms with Crippen LogP contribution in [-0.2, 0) is 6.42 Å². The maximum atomic E-state index is 13.0. The zero-order valence-corrected chi connectivity index (χ0v) is 12.3. The van der Waals surface area contributed by atoms with Gasteiger partial charge in [0, 0.05) is 18.6 Å². The first kappa shape index (κ1) is 15.4. The fourth-order valence-electron chi connectivity index (χ4n) is 2.92. The van der Waals surface area contributed by atoms with Crippen molar-refractivity contribution in [3.8, 4) is 0 Å². The molecule has 0 amide bonds. The van der Waals surface area contributed by atoms with Crippen molar-refractivity contribution in [3.05, 3.63) is 35.6 Å². The topological polar surface area (TPSA) is 44.5 Å². The average molecular weight is 280 g/mol. The summed E-state index contributed by atoms with van der Waals surface area (Å²) in [6.45, 7) is 3.19. The highest BCUT2D eigenvalue weighted by Gasteiger charge is 2.27. The Morgan fingerprint density at radius 3 is 2.65 bits per heavy atom. The van der Waals surface area contributed by atoms with Crippen LogP contribution in [-0.4, -0.2) is 55.6 Å². The number of hydrogen-bond acceptors (Lipinski definition) is 4. The van der Waals surface area contributed by atoms with Gasteiger partial charge in [-0.2, -0.15) is 0 Å². The maximum absolute atomic E-state index is 13.0. The molecule has 5 heteroatoms. The van der Waals surface area contributed by atoms with Crippen LogP contribution >= 0.6 is 0 Å². The molecule has 0 spiro atoms. The first-order valence-corrected chi connectivity index (χ1v) is 7.19. The van der Waals surface area contributed by atoms with Crippen LogP contribution in [0, 0.1) is 5.82 Å². The fraction of sp³-hybridized carbons (Fsp3) is 0.600. The monoisotopic (exact) mass is 280 g/mol. The Hall–Kier alpha value is -1.01. The standard InChI is InChI=1S/C15H25FN4/c1-19-8-3-9-20(2)15(11-19)14(18-17)10-12-4-6-13(16)7-5-12/h4-7,14-15,18H,3,8-11,17H2,1-2H3. The lowest BCUT2D eigenvalue weighted by Crippen LogP contribution is -2.55. The minimum absolute atomic E-state index is 0.158. The molecular weight excluding hydrogens is 255 g/mol. The van der Waals surface area contributed by atoms with Gasteiger partial charge >= 0.3 is 0 Å². The summed E-state index contributed by atoms with van der Waals surface area (Å²) in [6.07, 6.45) is 1.98. The molecule has 20 heavy (non-hydrogen) atoms. The Balaban J connectivity index is 2.07. The number of hydrogen-bond donors (Lipinski definition) is 2. The van der Waals surface area contributed by atoms with E-state index in [1.807, 2.05) is 12.1 Å². The molecule has 0 radical (unpaired) electrons. The largest absolute Gasteiger partial charge is 0.305 e. The second-order valence-electron chi connectivity index (χ2n) is 5.77. The van der Waals surface area contributed by atoms with Crippen molar-refractivity contribution in [1.29, 1.82) is 0 Å². The van der Waals surface area contributed by atoms with Crippen molar-refractivity contribution < 1.29 is 4.39 Å². The van der Waals surface area contributed by atoms with Crippen LogP contribution in [0.5, 0.6) is 0 Å². The highest BCUT2D eigenvalue weighted by atomic mass is 19.1. The second kappa shape index (κ2) is 7.13. The summed E-state index contributed by atoms with van der Waals surface area (Å²) in [5, 5.41) is 0. The quantitative estimate of drug-likeness (QED) is 0.633. The SMILES string of the molecule is CN1CCCN(C)C(C(Cc2ccc(F)cc2)NN)C1. The zero-order chi connectivity index (χ0) is 14.5. The Morgan fingerprint density at radius 1 is 1.30 bits per heavy atom. The van der Waals surface area contributed by atoms with Crippen LogP contribution in [0.25, 0.3) is 0 Å². The predicted molar refractivity (Wildman–Crippen MR) is 79.7 cm³/mol. The Labute approximate surface area is 120 Å². The van der Waals surface area contributed by atoms with E-state index in [0.29, 0.717) is 6.04 Å². The number of halogens is 1. The molecule has 0 aromatic heterocycles. The maximum Gasteiger partial charge on any atom is 0.123 e. The van der Waals surface area contributed by atoms with E-state index >= 15 is 0 Å². The molecule has 1 heterocycles. The van der Waals surface area contributed by atoms with E-state index in [-0.39, 0.29) is 11.9 Å². The average Bonchev–Trinajstić information content (AvgIpc) is 2.60. The highest BCUT2D eigenvalue weighted by molar-refractivity contribution is 5.17. The summed E-state index contributed by atoms with van der Waals surface area (Å²) < 4.78 is 13.0. The van der Waals surface area contributed by atoms with Gasteiger partial charge in [0.15, 0.2) is 0 Å². The lowest BCUT2D eigenvalue weighted by atomic mass is 9.98. The summed E-state index contributed by atoms with van der Waals surface area (Å²) in [6, 6.07) is 7.20. The first-order chi connectivity index (χ1) is 9.60. The molecular formula is C15H25FN4. The Kier molecular flexibility index (Phi) is 5.48. The summed E-state index contributed by atoms with van der Waals surface area (Å²) in [5.41, 5.74) is 4.06. The lowest BCUT2D eigenvalue weighted by molar-refractivity contribution is 0.177. The van der Waals surface area contributed by atoms with Crippen molar-refractivity contribution in [2.75, 3.05) is 33.7 Å². The number of nitrogens with two attached hydrogens (primary N) is 1. The smallest absolute Gasteiger partial charge is 0.123 e. The summed E-state index contributed by atoms with van der Waals surface area (Å²) in [5.74, 6) is 5.57. The van der Waals surface area contributed by atoms with E-state index in [2.05, 4.69) is 29.3 Å². The molecule has 0 aliphatic carbocycles. The molecule has 1 aliphatic heterocycles. The molecule has 112 valence electrons. The van der Waals surface area contributed by atoms with Gasteiger partial charge in [-0.15, -0.1) is 0 Å². The molecule has 2 atom stereocenters. The van der Waals surface area contributed by atoms with Crippen LogP contribution in [0.3, 0.4) is 0 Å². The Morgan fingerprint density at radius 2 is 2.00 bits per heavy atom. The van der Waals surface area contributed by atoms with Gasteiger partial charge in [-0.1, -0.05) is 12.1 Å². The molecule has 3 N–H and O–H groups in total. The summed E-state index contributed by atoms with van der Waals surface area (Å²) in [7, 11) is 4.30. The third kappa shape index (κ3) is 3.99. The lowest BCUT2D eigenvalue weighted by Gasteiger charge is -2.34. The number of nitrogens with one attached hydrogen (secondary N) is 1. The van der Waals surface area contributed by atoms with Crippen molar-refractivity contribution in [2.24, 2.45) is 5.84 Å². The van der Waals surface area contributed by atoms with E-state index < -0.39 is 0 Å². The van der Waals surface area contributed by atoms with Crippen LogP contribution in [0.2, 0.25) is 0 Å². The summed E-state index contributed by atoms with van der Waals surface area (Å²) >= 11 is 0. The summed E-state index contributed by atoms with van der Waals surface area (Å²) in [4.78, 5) is 4.72. The molecule has 2 rings (SSSR count). The number of hydrazine groups is 1. The normalized spacial score (nSPS) is 23.5. The second-order valence-corrected chi connectivity index (χ2v) is 5.77. The van der Waals surface area contributed by atoms with Gasteiger partial charge in [-0.25, -0.2) is 4.39 Å². The third-order valence-electron chi connectivity index (χ3n) is 4.16. The van der Waals surface area contributed by atoms with Gasteiger partial charge in [0.05, 0.1) is 0 Å². The molecule has 0 bridgehead atoms. The van der Waals surface area contributed by atoms with E-state index in [4.69, 9.17) is 5.84 Å². The number of rotatable bonds is 4. The minimum Gasteiger partial charge on any atom is -0.305 e. The van der Waals surface area contributed by atoms with Gasteiger partial charge in [0.1, 0.15) is 5.82 Å². The van der Waals surface area contributed by atoms with Gasteiger partial charge in [0.25, 0.3) is 0 Å². The molecule has 1 fully saturated rings. The van der Waals surface area contributed by atoms with Crippen LogP contribution < -0.4 is 11.3 Å². The van der Waals surface area contributed by atoms with E-state index in [1.54, 1.807) is 0 Å². The van der Waals surface area contributed by atoms with E-state index in [9.17, 15) is 4.39 Å². The Bertz CT molecular complexity index is 409. The molecule has 1 aliphatic rings. The number of benzene rings is 1. The third-order valence-corrected chi connectivity index (χ3v) is 4.16. The molecule has 1 saturated heterocycles. The van der Waals surface area contributed by atoms with Gasteiger partial charge in [0.2, 0.25) is 0 Å². The number of nitrogens with zero attached hydrogens (tertiary/aromatic N) is 2. The van der Waals surface area contributed by atoms with Crippen LogP contribution in [0.1, 0.15) is 12.0 Å². The van der Waals surface area contributed by atoms with Crippen LogP contribution in [0.15, 0.2) is 24.3 Å². The van der Waals surface area contributed by atoms with E-state index in [0.717, 1.165) is 31.6 Å². The first-order valence-electron chi connectivity index (χ1n) is 7.19. The molecule has 4 nitrogen and oxygen atoms in total. The van der Waals surface area contributed by atoms with Crippen molar-refractivity contribution in [2.45, 2.75) is 24.9 Å².